The molecule has 18 heavy (non-hydrogen) atoms. The second-order valence-corrected chi connectivity index (χ2v) is 5.57. The lowest BCUT2D eigenvalue weighted by Crippen LogP contribution is -2.11. The molecule has 6 heteroatoms. The molecule has 1 aromatic heterocycles. The number of hydrogen-bond acceptors (Lipinski definition) is 6. The van der Waals surface area contributed by atoms with Gasteiger partial charge in [0.05, 0.1) is 10.9 Å². The van der Waals surface area contributed by atoms with E-state index in [4.69, 9.17) is 10.5 Å². The number of nitrogens with zero attached hydrogens (tertiary/aromatic N) is 1. The Hall–Kier alpha value is -1.40. The Bertz CT molecular complexity index is 570. The van der Waals surface area contributed by atoms with Gasteiger partial charge < -0.3 is 15.8 Å². The molecule has 0 saturated carbocycles. The Morgan fingerprint density at radius 3 is 3.17 bits per heavy atom. The molecule has 3 rings (SSSR count). The number of benzene rings is 1. The van der Waals surface area contributed by atoms with Gasteiger partial charge in [0.2, 0.25) is 0 Å². The molecule has 2 aromatic rings. The Kier molecular flexibility index (Phi) is 3.05. The number of aromatic nitrogens is 1. The van der Waals surface area contributed by atoms with Gasteiger partial charge >= 0.3 is 0 Å². The van der Waals surface area contributed by atoms with E-state index in [-0.39, 0.29) is 6.04 Å². The number of nitrogens with two attached hydrogens (primary N) is 1. The highest BCUT2D eigenvalue weighted by molar-refractivity contribution is 7.99. The van der Waals surface area contributed by atoms with Gasteiger partial charge in [0.1, 0.15) is 17.4 Å². The molecule has 0 bridgehead atoms. The van der Waals surface area contributed by atoms with Gasteiger partial charge in [0, 0.05) is 5.56 Å². The summed E-state index contributed by atoms with van der Waals surface area (Å²) in [6.45, 7) is 0.644. The summed E-state index contributed by atoms with van der Waals surface area (Å²) in [7, 11) is 0. The average Bonchev–Trinajstić information content (AvgIpc) is 2.95. The summed E-state index contributed by atoms with van der Waals surface area (Å²) in [5.41, 5.74) is 7.02. The maximum atomic E-state index is 5.83. The molecule has 2 heterocycles. The van der Waals surface area contributed by atoms with Crippen molar-refractivity contribution in [2.75, 3.05) is 23.9 Å². The number of nitrogen functional groups attached to an aromatic ring is 1. The highest BCUT2D eigenvalue weighted by atomic mass is 32.2. The predicted octanol–water partition coefficient (Wildman–Crippen LogP) is 2.99. The second kappa shape index (κ2) is 4.70. The van der Waals surface area contributed by atoms with E-state index in [2.05, 4.69) is 15.8 Å². The molecular weight excluding hydrogens is 266 g/mol. The first-order valence-corrected chi connectivity index (χ1v) is 7.57. The van der Waals surface area contributed by atoms with Crippen molar-refractivity contribution in [3.8, 4) is 5.75 Å². The van der Waals surface area contributed by atoms with Gasteiger partial charge in [-0.25, -0.2) is 0 Å². The third-order valence-corrected chi connectivity index (χ3v) is 4.63. The summed E-state index contributed by atoms with van der Waals surface area (Å²) in [5.74, 6) is 1.56. The lowest BCUT2D eigenvalue weighted by molar-refractivity contribution is 0.340. The molecule has 0 spiro atoms. The summed E-state index contributed by atoms with van der Waals surface area (Å²) in [4.78, 5) is 1.02. The van der Waals surface area contributed by atoms with Crippen molar-refractivity contribution >= 4 is 34.1 Å². The number of ether oxygens (including phenoxy) is 1. The molecule has 4 nitrogen and oxygen atoms in total. The van der Waals surface area contributed by atoms with E-state index >= 15 is 0 Å². The van der Waals surface area contributed by atoms with Crippen molar-refractivity contribution in [2.45, 2.75) is 10.9 Å². The first-order chi connectivity index (χ1) is 8.79. The molecule has 1 aliphatic rings. The Morgan fingerprint density at radius 2 is 2.33 bits per heavy atom. The molecule has 0 aliphatic carbocycles. The maximum Gasteiger partial charge on any atom is 0.153 e. The SMILES string of the molecule is CSc1c(N)nsc1NC1COc2ccccc21. The summed E-state index contributed by atoms with van der Waals surface area (Å²) >= 11 is 3.01. The molecule has 1 aliphatic heterocycles. The van der Waals surface area contributed by atoms with Crippen LogP contribution in [0.25, 0.3) is 0 Å². The summed E-state index contributed by atoms with van der Waals surface area (Å²) < 4.78 is 9.83. The van der Waals surface area contributed by atoms with Crippen LogP contribution < -0.4 is 15.8 Å². The molecule has 1 unspecified atom stereocenters. The molecule has 94 valence electrons. The lowest BCUT2D eigenvalue weighted by atomic mass is 10.1. The molecule has 0 amide bonds. The summed E-state index contributed by atoms with van der Waals surface area (Å²) in [6, 6.07) is 8.26. The van der Waals surface area contributed by atoms with E-state index in [1.807, 2.05) is 24.5 Å². The zero-order chi connectivity index (χ0) is 12.5. The van der Waals surface area contributed by atoms with Gasteiger partial charge in [-0.05, 0) is 23.9 Å². The summed E-state index contributed by atoms with van der Waals surface area (Å²) in [6.07, 6.45) is 2.00. The van der Waals surface area contributed by atoms with Gasteiger partial charge in [-0.1, -0.05) is 18.2 Å². The molecule has 1 atom stereocenters. The molecule has 0 saturated heterocycles. The minimum atomic E-state index is 0.173. The molecule has 1 aromatic carbocycles. The Morgan fingerprint density at radius 1 is 1.50 bits per heavy atom. The van der Waals surface area contributed by atoms with Crippen molar-refractivity contribution in [3.63, 3.8) is 0 Å². The van der Waals surface area contributed by atoms with Crippen LogP contribution in [0.1, 0.15) is 11.6 Å². The minimum Gasteiger partial charge on any atom is -0.491 e. The predicted molar refractivity (Wildman–Crippen MR) is 76.6 cm³/mol. The maximum absolute atomic E-state index is 5.83. The topological polar surface area (TPSA) is 60.2 Å². The van der Waals surface area contributed by atoms with Gasteiger partial charge in [0.15, 0.2) is 5.82 Å². The molecule has 0 radical (unpaired) electrons. The van der Waals surface area contributed by atoms with Gasteiger partial charge in [0.25, 0.3) is 0 Å². The number of nitrogens with one attached hydrogen (secondary N) is 1. The quantitative estimate of drug-likeness (QED) is 0.846. The molecule has 0 fully saturated rings. The standard InChI is InChI=1S/C12H13N3OS2/c1-17-10-11(13)15-18-12(10)14-8-6-16-9-5-3-2-4-7(8)9/h2-5,8,14H,6H2,1H3,(H2,13,15). The van der Waals surface area contributed by atoms with E-state index in [1.165, 1.54) is 17.1 Å². The van der Waals surface area contributed by atoms with Crippen molar-refractivity contribution in [2.24, 2.45) is 0 Å². The van der Waals surface area contributed by atoms with Crippen molar-refractivity contribution in [3.05, 3.63) is 29.8 Å². The largest absolute Gasteiger partial charge is 0.491 e. The molecular formula is C12H13N3OS2. The number of rotatable bonds is 3. The van der Waals surface area contributed by atoms with E-state index in [0.717, 1.165) is 15.6 Å². The third kappa shape index (κ3) is 1.91. The Labute approximate surface area is 114 Å². The molecule has 3 N–H and O–H groups in total. The normalized spacial score (nSPS) is 17.3. The van der Waals surface area contributed by atoms with Crippen molar-refractivity contribution < 1.29 is 4.74 Å². The van der Waals surface area contributed by atoms with Crippen molar-refractivity contribution in [1.82, 2.24) is 4.37 Å². The van der Waals surface area contributed by atoms with E-state index in [1.54, 1.807) is 11.8 Å². The first-order valence-electron chi connectivity index (χ1n) is 5.57. The average molecular weight is 279 g/mol. The smallest absolute Gasteiger partial charge is 0.153 e. The van der Waals surface area contributed by atoms with Crippen LogP contribution in [-0.2, 0) is 0 Å². The van der Waals surface area contributed by atoms with E-state index in [0.29, 0.717) is 12.4 Å². The van der Waals surface area contributed by atoms with Gasteiger partial charge in [-0.15, -0.1) is 11.8 Å². The Balaban J connectivity index is 1.86. The fraction of sp³-hybridized carbons (Fsp3) is 0.250. The fourth-order valence-electron chi connectivity index (χ4n) is 2.02. The van der Waals surface area contributed by atoms with Crippen LogP contribution in [-0.4, -0.2) is 17.2 Å². The zero-order valence-corrected chi connectivity index (χ0v) is 11.5. The van der Waals surface area contributed by atoms with Crippen molar-refractivity contribution in [1.29, 1.82) is 0 Å². The zero-order valence-electron chi connectivity index (χ0n) is 9.84. The number of fused-ring (bicyclic) bond motifs is 1. The first kappa shape index (κ1) is 11.7. The number of hydrogen-bond donors (Lipinski definition) is 2. The third-order valence-electron chi connectivity index (χ3n) is 2.88. The second-order valence-electron chi connectivity index (χ2n) is 3.98. The minimum absolute atomic E-state index is 0.173. The van der Waals surface area contributed by atoms with Crippen LogP contribution in [0.3, 0.4) is 0 Å². The number of para-hydroxylation sites is 1. The monoisotopic (exact) mass is 279 g/mol. The van der Waals surface area contributed by atoms with Crippen LogP contribution in [0, 0.1) is 0 Å². The number of anilines is 2. The lowest BCUT2D eigenvalue weighted by Gasteiger charge is -2.12. The number of thioether (sulfide) groups is 1. The fourth-order valence-corrected chi connectivity index (χ4v) is 3.61. The van der Waals surface area contributed by atoms with Crippen LogP contribution in [0.2, 0.25) is 0 Å². The van der Waals surface area contributed by atoms with Gasteiger partial charge in [-0.2, -0.15) is 4.37 Å². The van der Waals surface area contributed by atoms with Crippen LogP contribution in [0.4, 0.5) is 10.8 Å². The summed E-state index contributed by atoms with van der Waals surface area (Å²) in [5, 5.41) is 4.49. The van der Waals surface area contributed by atoms with E-state index in [9.17, 15) is 0 Å². The van der Waals surface area contributed by atoms with Crippen LogP contribution >= 0.6 is 23.3 Å². The van der Waals surface area contributed by atoms with Crippen LogP contribution in [0.15, 0.2) is 29.2 Å². The van der Waals surface area contributed by atoms with Gasteiger partial charge in [-0.3, -0.25) is 0 Å². The van der Waals surface area contributed by atoms with E-state index < -0.39 is 0 Å². The van der Waals surface area contributed by atoms with Crippen LogP contribution in [0.5, 0.6) is 5.75 Å². The highest BCUT2D eigenvalue weighted by Gasteiger charge is 2.25. The highest BCUT2D eigenvalue weighted by Crippen LogP contribution is 2.40.